The molecule has 1 atom stereocenters. The van der Waals surface area contributed by atoms with E-state index >= 15 is 0 Å². The normalized spacial score (nSPS) is 22.3. The van der Waals surface area contributed by atoms with Crippen molar-refractivity contribution in [2.24, 2.45) is 4.99 Å². The summed E-state index contributed by atoms with van der Waals surface area (Å²) in [5, 5.41) is 19.6. The number of hydrogen-bond donors (Lipinski definition) is 3. The van der Waals surface area contributed by atoms with Gasteiger partial charge in [-0.05, 0) is 64.1 Å². The predicted molar refractivity (Wildman–Crippen MR) is 127 cm³/mol. The standard InChI is InChI=1S/C20H34N4O2S.HI/c1-3-21-18(22-15-19(2,25)17-7-6-14-27-17)23-16-20(8-12-26-13-9-20)24-10-4-5-11-24;/h6-7,14,25H,3-5,8-13,15-16H2,1-2H3,(H2,21,22,23);1H. The average Bonchev–Trinajstić information content (AvgIpc) is 3.39. The van der Waals surface area contributed by atoms with Crippen LogP contribution in [0.4, 0.5) is 0 Å². The van der Waals surface area contributed by atoms with Crippen LogP contribution in [0.5, 0.6) is 0 Å². The van der Waals surface area contributed by atoms with Crippen LogP contribution >= 0.6 is 35.3 Å². The zero-order chi connectivity index (χ0) is 19.2. The number of halogens is 1. The summed E-state index contributed by atoms with van der Waals surface area (Å²) < 4.78 is 5.64. The zero-order valence-corrected chi connectivity index (χ0v) is 20.2. The van der Waals surface area contributed by atoms with Crippen LogP contribution in [0.2, 0.25) is 0 Å². The molecular formula is C20H35IN4O2S. The van der Waals surface area contributed by atoms with Crippen molar-refractivity contribution >= 4 is 41.3 Å². The van der Waals surface area contributed by atoms with E-state index in [9.17, 15) is 5.11 Å². The molecule has 2 aliphatic rings. The molecule has 3 N–H and O–H groups in total. The van der Waals surface area contributed by atoms with Crippen molar-refractivity contribution in [3.63, 3.8) is 0 Å². The molecule has 2 saturated heterocycles. The van der Waals surface area contributed by atoms with Crippen molar-refractivity contribution < 1.29 is 9.84 Å². The largest absolute Gasteiger partial charge is 0.383 e. The van der Waals surface area contributed by atoms with Gasteiger partial charge in [-0.15, -0.1) is 35.3 Å². The van der Waals surface area contributed by atoms with Crippen LogP contribution in [0, 0.1) is 0 Å². The van der Waals surface area contributed by atoms with Crippen molar-refractivity contribution in [1.82, 2.24) is 15.5 Å². The Morgan fingerprint density at radius 3 is 2.64 bits per heavy atom. The number of likely N-dealkylation sites (tertiary alicyclic amines) is 1. The molecule has 2 fully saturated rings. The monoisotopic (exact) mass is 522 g/mol. The smallest absolute Gasteiger partial charge is 0.191 e. The highest BCUT2D eigenvalue weighted by atomic mass is 127. The van der Waals surface area contributed by atoms with Crippen LogP contribution in [0.25, 0.3) is 0 Å². The Hall–Kier alpha value is -0.420. The van der Waals surface area contributed by atoms with Gasteiger partial charge in [0.05, 0.1) is 6.54 Å². The Labute approximate surface area is 190 Å². The van der Waals surface area contributed by atoms with Crippen molar-refractivity contribution in [2.45, 2.75) is 50.7 Å². The lowest BCUT2D eigenvalue weighted by Gasteiger charge is -2.45. The third-order valence-electron chi connectivity index (χ3n) is 5.73. The van der Waals surface area contributed by atoms with Crippen LogP contribution < -0.4 is 10.6 Å². The Bertz CT molecular complexity index is 597. The molecule has 0 amide bonds. The molecule has 1 unspecified atom stereocenters. The first kappa shape index (κ1) is 23.9. The van der Waals surface area contributed by atoms with Gasteiger partial charge in [-0.3, -0.25) is 4.90 Å². The highest BCUT2D eigenvalue weighted by Crippen LogP contribution is 2.31. The quantitative estimate of drug-likeness (QED) is 0.292. The van der Waals surface area contributed by atoms with E-state index < -0.39 is 5.60 Å². The highest BCUT2D eigenvalue weighted by molar-refractivity contribution is 14.0. The van der Waals surface area contributed by atoms with E-state index in [1.54, 1.807) is 11.3 Å². The van der Waals surface area contributed by atoms with Gasteiger partial charge in [0, 0.05) is 36.7 Å². The van der Waals surface area contributed by atoms with E-state index in [1.165, 1.54) is 25.9 Å². The molecular weight excluding hydrogens is 487 g/mol. The van der Waals surface area contributed by atoms with E-state index in [0.717, 1.165) is 50.0 Å². The van der Waals surface area contributed by atoms with Gasteiger partial charge in [-0.1, -0.05) is 6.07 Å². The van der Waals surface area contributed by atoms with E-state index in [2.05, 4.69) is 27.4 Å². The summed E-state index contributed by atoms with van der Waals surface area (Å²) in [4.78, 5) is 8.28. The highest BCUT2D eigenvalue weighted by Gasteiger charge is 2.39. The number of ether oxygens (including phenoxy) is 1. The van der Waals surface area contributed by atoms with Gasteiger partial charge in [-0.2, -0.15) is 0 Å². The number of aliphatic imine (C=N–C) groups is 1. The van der Waals surface area contributed by atoms with Gasteiger partial charge in [0.25, 0.3) is 0 Å². The summed E-state index contributed by atoms with van der Waals surface area (Å²) in [5.74, 6) is 0.777. The lowest BCUT2D eigenvalue weighted by Crippen LogP contribution is -2.58. The maximum atomic E-state index is 10.8. The van der Waals surface area contributed by atoms with Crippen molar-refractivity contribution in [3.8, 4) is 0 Å². The number of thiophene rings is 1. The molecule has 1 aromatic rings. The minimum Gasteiger partial charge on any atom is -0.383 e. The van der Waals surface area contributed by atoms with Crippen LogP contribution in [-0.4, -0.2) is 67.4 Å². The van der Waals surface area contributed by atoms with Gasteiger partial charge in [0.2, 0.25) is 0 Å². The third-order valence-corrected chi connectivity index (χ3v) is 6.85. The minimum atomic E-state index is -0.943. The number of nitrogens with zero attached hydrogens (tertiary/aromatic N) is 2. The fourth-order valence-corrected chi connectivity index (χ4v) is 4.81. The third kappa shape index (κ3) is 6.04. The molecule has 8 heteroatoms. The van der Waals surface area contributed by atoms with Crippen LogP contribution in [0.1, 0.15) is 44.4 Å². The molecule has 3 heterocycles. The summed E-state index contributed by atoms with van der Waals surface area (Å²) in [6.45, 7) is 9.93. The number of aliphatic hydroxyl groups is 1. The molecule has 0 bridgehead atoms. The second kappa shape index (κ2) is 11.1. The summed E-state index contributed by atoms with van der Waals surface area (Å²) in [7, 11) is 0. The van der Waals surface area contributed by atoms with Crippen molar-refractivity contribution in [2.75, 3.05) is 45.9 Å². The average molecular weight is 522 g/mol. The molecule has 6 nitrogen and oxygen atoms in total. The van der Waals surface area contributed by atoms with Crippen molar-refractivity contribution in [1.29, 1.82) is 0 Å². The minimum absolute atomic E-state index is 0. The number of guanidine groups is 1. The topological polar surface area (TPSA) is 69.1 Å². The fraction of sp³-hybridized carbons (Fsp3) is 0.750. The molecule has 160 valence electrons. The second-order valence-electron chi connectivity index (χ2n) is 7.83. The lowest BCUT2D eigenvalue weighted by atomic mass is 9.88. The van der Waals surface area contributed by atoms with Crippen LogP contribution in [0.3, 0.4) is 0 Å². The van der Waals surface area contributed by atoms with E-state index in [0.29, 0.717) is 6.54 Å². The molecule has 0 radical (unpaired) electrons. The molecule has 0 aromatic carbocycles. The Balaban J connectivity index is 0.00000280. The summed E-state index contributed by atoms with van der Waals surface area (Å²) >= 11 is 1.57. The summed E-state index contributed by atoms with van der Waals surface area (Å²) in [5.41, 5.74) is -0.789. The van der Waals surface area contributed by atoms with Gasteiger partial charge in [0.1, 0.15) is 5.60 Å². The van der Waals surface area contributed by atoms with Crippen molar-refractivity contribution in [3.05, 3.63) is 22.4 Å². The fourth-order valence-electron chi connectivity index (χ4n) is 4.03. The van der Waals surface area contributed by atoms with E-state index in [-0.39, 0.29) is 29.5 Å². The number of hydrogen-bond acceptors (Lipinski definition) is 5. The maximum Gasteiger partial charge on any atom is 0.191 e. The number of rotatable bonds is 7. The van der Waals surface area contributed by atoms with Gasteiger partial charge in [0.15, 0.2) is 5.96 Å². The molecule has 0 aliphatic carbocycles. The van der Waals surface area contributed by atoms with Crippen LogP contribution in [0.15, 0.2) is 22.5 Å². The molecule has 3 rings (SSSR count). The van der Waals surface area contributed by atoms with Crippen LogP contribution in [-0.2, 0) is 10.3 Å². The number of nitrogens with one attached hydrogen (secondary N) is 2. The SMILES string of the molecule is CCNC(=NCC(C)(O)c1cccs1)NCC1(N2CCCC2)CCOCC1.I. The summed E-state index contributed by atoms with van der Waals surface area (Å²) in [6.07, 6.45) is 4.71. The van der Waals surface area contributed by atoms with Gasteiger partial charge >= 0.3 is 0 Å². The first-order chi connectivity index (χ1) is 13.1. The first-order valence-electron chi connectivity index (χ1n) is 10.2. The molecule has 2 aliphatic heterocycles. The Morgan fingerprint density at radius 1 is 1.32 bits per heavy atom. The Morgan fingerprint density at radius 2 is 2.04 bits per heavy atom. The molecule has 0 saturated carbocycles. The maximum absolute atomic E-state index is 10.8. The van der Waals surface area contributed by atoms with E-state index in [1.807, 2.05) is 24.4 Å². The second-order valence-corrected chi connectivity index (χ2v) is 8.78. The van der Waals surface area contributed by atoms with Gasteiger partial charge in [-0.25, -0.2) is 4.99 Å². The van der Waals surface area contributed by atoms with E-state index in [4.69, 9.17) is 4.74 Å². The lowest BCUT2D eigenvalue weighted by molar-refractivity contribution is -0.0164. The molecule has 1 aromatic heterocycles. The zero-order valence-electron chi connectivity index (χ0n) is 17.1. The molecule has 0 spiro atoms. The van der Waals surface area contributed by atoms with Gasteiger partial charge < -0.3 is 20.5 Å². The molecule has 28 heavy (non-hydrogen) atoms. The predicted octanol–water partition coefficient (Wildman–Crippen LogP) is 2.77. The Kier molecular flexibility index (Phi) is 9.46. The first-order valence-corrected chi connectivity index (χ1v) is 11.1. The summed E-state index contributed by atoms with van der Waals surface area (Å²) in [6, 6.07) is 3.93.